The average molecular weight is 377 g/mol. The summed E-state index contributed by atoms with van der Waals surface area (Å²) in [6.45, 7) is 7.31. The van der Waals surface area contributed by atoms with Gasteiger partial charge in [0.2, 0.25) is 0 Å². The molecule has 6 nitrogen and oxygen atoms in total. The van der Waals surface area contributed by atoms with Crippen LogP contribution < -0.4 is 10.6 Å². The van der Waals surface area contributed by atoms with Crippen molar-refractivity contribution in [1.29, 1.82) is 0 Å². The second-order valence-electron chi connectivity index (χ2n) is 6.23. The molecule has 3 rings (SSSR count). The molecule has 3 heterocycles. The molecule has 0 bridgehead atoms. The Morgan fingerprint density at radius 1 is 1.15 bits per heavy atom. The maximum Gasteiger partial charge on any atom is 0.191 e. The summed E-state index contributed by atoms with van der Waals surface area (Å²) < 4.78 is 10.8. The van der Waals surface area contributed by atoms with E-state index in [4.69, 9.17) is 14.1 Å². The highest BCUT2D eigenvalue weighted by molar-refractivity contribution is 7.09. The van der Waals surface area contributed by atoms with E-state index in [1.807, 2.05) is 12.1 Å². The van der Waals surface area contributed by atoms with Gasteiger partial charge in [0.1, 0.15) is 5.76 Å². The Morgan fingerprint density at radius 3 is 2.81 bits per heavy atom. The number of nitrogens with one attached hydrogen (secondary N) is 2. The fourth-order valence-electron chi connectivity index (χ4n) is 2.83. The van der Waals surface area contributed by atoms with E-state index >= 15 is 0 Å². The van der Waals surface area contributed by atoms with E-state index in [0.717, 1.165) is 70.5 Å². The first-order chi connectivity index (χ1) is 12.9. The second kappa shape index (κ2) is 11.0. The molecule has 0 unspecified atom stereocenters. The number of furan rings is 1. The van der Waals surface area contributed by atoms with Crippen LogP contribution in [0.1, 0.15) is 17.1 Å². The van der Waals surface area contributed by atoms with Gasteiger partial charge >= 0.3 is 0 Å². The van der Waals surface area contributed by atoms with E-state index in [0.29, 0.717) is 6.54 Å². The molecule has 1 fully saturated rings. The Bertz CT molecular complexity index is 622. The highest BCUT2D eigenvalue weighted by Gasteiger charge is 2.09. The van der Waals surface area contributed by atoms with E-state index in [1.165, 1.54) is 4.88 Å². The molecule has 2 aromatic heterocycles. The van der Waals surface area contributed by atoms with Crippen LogP contribution in [0.4, 0.5) is 0 Å². The standard InChI is InChI=1S/C19H28N4O2S/c1-4-17(25-12-1)6-8-21-19(22-16-18-5-2-15-26-18)20-7-3-9-23-10-13-24-14-11-23/h1-2,4-5,12,15H,3,6-11,13-14,16H2,(H2,20,21,22). The molecule has 0 aliphatic carbocycles. The number of thiophene rings is 1. The quantitative estimate of drug-likeness (QED) is 0.400. The predicted molar refractivity (Wildman–Crippen MR) is 106 cm³/mol. The summed E-state index contributed by atoms with van der Waals surface area (Å²) in [5, 5.41) is 8.95. The molecule has 2 aromatic rings. The number of morpholine rings is 1. The number of rotatable bonds is 9. The van der Waals surface area contributed by atoms with Crippen molar-refractivity contribution in [3.63, 3.8) is 0 Å². The highest BCUT2D eigenvalue weighted by atomic mass is 32.1. The number of hydrogen-bond acceptors (Lipinski definition) is 5. The van der Waals surface area contributed by atoms with Crippen molar-refractivity contribution in [3.8, 4) is 0 Å². The van der Waals surface area contributed by atoms with Crippen LogP contribution in [0.3, 0.4) is 0 Å². The molecule has 0 spiro atoms. The molecule has 1 saturated heterocycles. The zero-order valence-corrected chi connectivity index (χ0v) is 16.0. The Balaban J connectivity index is 1.41. The summed E-state index contributed by atoms with van der Waals surface area (Å²) in [4.78, 5) is 8.44. The van der Waals surface area contributed by atoms with E-state index in [9.17, 15) is 0 Å². The molecule has 1 aliphatic heterocycles. The monoisotopic (exact) mass is 376 g/mol. The summed E-state index contributed by atoms with van der Waals surface area (Å²) in [5.41, 5.74) is 0. The summed E-state index contributed by atoms with van der Waals surface area (Å²) in [5.74, 6) is 1.86. The molecule has 0 aromatic carbocycles. The van der Waals surface area contributed by atoms with E-state index < -0.39 is 0 Å². The molecule has 0 amide bonds. The largest absolute Gasteiger partial charge is 0.469 e. The first-order valence-corrected chi connectivity index (χ1v) is 10.2. The molecule has 0 saturated carbocycles. The number of ether oxygens (including phenoxy) is 1. The average Bonchev–Trinajstić information content (AvgIpc) is 3.37. The van der Waals surface area contributed by atoms with Gasteiger partial charge in [-0.15, -0.1) is 11.3 Å². The minimum atomic E-state index is 0.706. The lowest BCUT2D eigenvalue weighted by atomic mass is 10.3. The van der Waals surface area contributed by atoms with E-state index in [2.05, 4.69) is 33.0 Å². The number of guanidine groups is 1. The lowest BCUT2D eigenvalue weighted by molar-refractivity contribution is 0.0376. The van der Waals surface area contributed by atoms with Crippen molar-refractivity contribution >= 4 is 17.3 Å². The third kappa shape index (κ3) is 6.82. The lowest BCUT2D eigenvalue weighted by Gasteiger charge is -2.26. The molecular formula is C19H28N4O2S. The van der Waals surface area contributed by atoms with Crippen LogP contribution in [0.15, 0.2) is 45.3 Å². The van der Waals surface area contributed by atoms with Gasteiger partial charge < -0.3 is 19.8 Å². The maximum atomic E-state index is 5.39. The van der Waals surface area contributed by atoms with Crippen molar-refractivity contribution in [2.75, 3.05) is 45.9 Å². The smallest absolute Gasteiger partial charge is 0.191 e. The lowest BCUT2D eigenvalue weighted by Crippen LogP contribution is -2.41. The number of aliphatic imine (C=N–C) groups is 1. The van der Waals surface area contributed by atoms with Gasteiger partial charge in [0.25, 0.3) is 0 Å². The van der Waals surface area contributed by atoms with Gasteiger partial charge in [-0.1, -0.05) is 6.07 Å². The van der Waals surface area contributed by atoms with Crippen LogP contribution in [0, 0.1) is 0 Å². The van der Waals surface area contributed by atoms with Gasteiger partial charge in [-0.05, 0) is 36.5 Å². The van der Waals surface area contributed by atoms with E-state index in [-0.39, 0.29) is 0 Å². The molecule has 1 aliphatic rings. The van der Waals surface area contributed by atoms with Gasteiger partial charge in [-0.25, -0.2) is 4.99 Å². The Morgan fingerprint density at radius 2 is 2.04 bits per heavy atom. The second-order valence-corrected chi connectivity index (χ2v) is 7.27. The van der Waals surface area contributed by atoms with Crippen LogP contribution in [0.5, 0.6) is 0 Å². The first kappa shape index (κ1) is 18.9. The van der Waals surface area contributed by atoms with Gasteiger partial charge in [0.15, 0.2) is 5.96 Å². The van der Waals surface area contributed by atoms with E-state index in [1.54, 1.807) is 17.6 Å². The van der Waals surface area contributed by atoms with Crippen molar-refractivity contribution in [2.45, 2.75) is 19.4 Å². The highest BCUT2D eigenvalue weighted by Crippen LogP contribution is 2.09. The normalized spacial score (nSPS) is 15.9. The van der Waals surface area contributed by atoms with Crippen LogP contribution in [0.2, 0.25) is 0 Å². The maximum absolute atomic E-state index is 5.39. The minimum absolute atomic E-state index is 0.706. The van der Waals surface area contributed by atoms with Crippen LogP contribution in [-0.4, -0.2) is 56.8 Å². The molecule has 0 radical (unpaired) electrons. The molecule has 142 valence electrons. The SMILES string of the molecule is c1coc(CCNC(=NCc2cccs2)NCCCN2CCOCC2)c1. The Labute approximate surface area is 159 Å². The van der Waals surface area contributed by atoms with Gasteiger partial charge in [-0.3, -0.25) is 4.90 Å². The summed E-state index contributed by atoms with van der Waals surface area (Å²) in [6, 6.07) is 8.10. The summed E-state index contributed by atoms with van der Waals surface area (Å²) in [7, 11) is 0. The fraction of sp³-hybridized carbons (Fsp3) is 0.526. The zero-order chi connectivity index (χ0) is 17.9. The summed E-state index contributed by atoms with van der Waals surface area (Å²) in [6.07, 6.45) is 3.66. The van der Waals surface area contributed by atoms with Crippen LogP contribution in [-0.2, 0) is 17.7 Å². The first-order valence-electron chi connectivity index (χ1n) is 9.27. The molecule has 26 heavy (non-hydrogen) atoms. The summed E-state index contributed by atoms with van der Waals surface area (Å²) >= 11 is 1.74. The van der Waals surface area contributed by atoms with Gasteiger partial charge in [0, 0.05) is 37.5 Å². The van der Waals surface area contributed by atoms with Gasteiger partial charge in [0.05, 0.1) is 26.0 Å². The Kier molecular flexibility index (Phi) is 8.02. The Hall–Kier alpha value is -1.83. The number of hydrogen-bond donors (Lipinski definition) is 2. The predicted octanol–water partition coefficient (Wildman–Crippen LogP) is 2.34. The van der Waals surface area contributed by atoms with Crippen molar-refractivity contribution in [1.82, 2.24) is 15.5 Å². The van der Waals surface area contributed by atoms with Crippen molar-refractivity contribution < 1.29 is 9.15 Å². The third-order valence-electron chi connectivity index (χ3n) is 4.26. The van der Waals surface area contributed by atoms with Crippen LogP contribution >= 0.6 is 11.3 Å². The molecular weight excluding hydrogens is 348 g/mol. The van der Waals surface area contributed by atoms with Crippen molar-refractivity contribution in [3.05, 3.63) is 46.5 Å². The third-order valence-corrected chi connectivity index (χ3v) is 5.13. The molecule has 7 heteroatoms. The minimum Gasteiger partial charge on any atom is -0.469 e. The van der Waals surface area contributed by atoms with Gasteiger partial charge in [-0.2, -0.15) is 0 Å². The van der Waals surface area contributed by atoms with Crippen LogP contribution in [0.25, 0.3) is 0 Å². The van der Waals surface area contributed by atoms with Crippen molar-refractivity contribution in [2.24, 2.45) is 4.99 Å². The fourth-order valence-corrected chi connectivity index (χ4v) is 3.46. The zero-order valence-electron chi connectivity index (χ0n) is 15.2. The molecule has 0 atom stereocenters. The number of nitrogens with zero attached hydrogens (tertiary/aromatic N) is 2. The topological polar surface area (TPSA) is 62.0 Å². The molecule has 2 N–H and O–H groups in total.